The van der Waals surface area contributed by atoms with Crippen molar-refractivity contribution in [2.45, 2.75) is 49.7 Å². The first-order valence-electron chi connectivity index (χ1n) is 9.27. The first kappa shape index (κ1) is 16.5. The fraction of sp³-hybridized carbons (Fsp3) is 0.722. The molecule has 0 radical (unpaired) electrons. The maximum atomic E-state index is 13.6. The Labute approximate surface area is 150 Å². The average Bonchev–Trinajstić information content (AvgIpc) is 2.55. The second-order valence-electron chi connectivity index (χ2n) is 8.64. The lowest BCUT2D eigenvalue weighted by atomic mass is 9.52. The summed E-state index contributed by atoms with van der Waals surface area (Å²) in [6.07, 6.45) is 8.29. The van der Waals surface area contributed by atoms with Gasteiger partial charge in [0.25, 0.3) is 11.8 Å². The van der Waals surface area contributed by atoms with Gasteiger partial charge in [-0.25, -0.2) is 23.8 Å². The summed E-state index contributed by atoms with van der Waals surface area (Å²) in [5, 5.41) is 13.8. The molecule has 1 N–H and O–H groups in total. The maximum Gasteiger partial charge on any atom is 0.276 e. The van der Waals surface area contributed by atoms with Gasteiger partial charge in [-0.05, 0) is 49.9 Å². The number of hydrogen-bond acceptors (Lipinski definition) is 5. The smallest absolute Gasteiger partial charge is 0.276 e. The number of nitrogens with zero attached hydrogens (tertiary/aromatic N) is 4. The van der Waals surface area contributed by atoms with E-state index in [0.29, 0.717) is 24.3 Å². The van der Waals surface area contributed by atoms with E-state index >= 15 is 0 Å². The minimum absolute atomic E-state index is 0.129. The predicted molar refractivity (Wildman–Crippen MR) is 87.0 cm³/mol. The van der Waals surface area contributed by atoms with Crippen molar-refractivity contribution in [3.8, 4) is 0 Å². The number of aromatic nitrogens is 2. The van der Waals surface area contributed by atoms with Crippen LogP contribution in [0.3, 0.4) is 0 Å². The number of carbonyl (C=O) groups excluding carboxylic acids is 1. The van der Waals surface area contributed by atoms with Crippen LogP contribution in [0, 0.1) is 17.8 Å². The fourth-order valence-corrected chi connectivity index (χ4v) is 5.99. The molecule has 6 nitrogen and oxygen atoms in total. The Morgan fingerprint density at radius 2 is 1.77 bits per heavy atom. The minimum atomic E-state index is -2.75. The molecule has 1 aromatic rings. The molecule has 8 heteroatoms. The van der Waals surface area contributed by atoms with Crippen LogP contribution < -0.4 is 0 Å². The first-order chi connectivity index (χ1) is 12.3. The van der Waals surface area contributed by atoms with Gasteiger partial charge in [0, 0.05) is 12.4 Å². The molecule has 0 spiro atoms. The van der Waals surface area contributed by atoms with Crippen LogP contribution in [0.25, 0.3) is 0 Å². The Balaban J connectivity index is 1.48. The zero-order chi connectivity index (χ0) is 18.1. The summed E-state index contributed by atoms with van der Waals surface area (Å²) in [6, 6.07) is -0.129. The van der Waals surface area contributed by atoms with Crippen molar-refractivity contribution < 1.29 is 18.7 Å². The number of aliphatic hydroxyl groups is 1. The van der Waals surface area contributed by atoms with Crippen molar-refractivity contribution in [2.24, 2.45) is 17.8 Å². The Bertz CT molecular complexity index is 707. The van der Waals surface area contributed by atoms with Crippen molar-refractivity contribution in [1.82, 2.24) is 20.0 Å². The highest BCUT2D eigenvalue weighted by Gasteiger charge is 2.59. The number of hydrogen-bond donors (Lipinski definition) is 1. The largest absolute Gasteiger partial charge is 0.390 e. The van der Waals surface area contributed by atoms with Gasteiger partial charge < -0.3 is 5.11 Å². The zero-order valence-corrected chi connectivity index (χ0v) is 14.4. The monoisotopic (exact) mass is 364 g/mol. The summed E-state index contributed by atoms with van der Waals surface area (Å²) in [4.78, 5) is 21.0. The molecular weight excluding hydrogens is 342 g/mol. The SMILES string of the molecule is O=C(c1cncnc1)N(C1C2CC3CC1CC(O)(C3)C2)N1CC(F)(F)C1. The van der Waals surface area contributed by atoms with Crippen LogP contribution in [-0.4, -0.2) is 61.7 Å². The van der Waals surface area contributed by atoms with E-state index in [-0.39, 0.29) is 23.8 Å². The van der Waals surface area contributed by atoms with Gasteiger partial charge >= 0.3 is 0 Å². The molecule has 2 atom stereocenters. The zero-order valence-electron chi connectivity index (χ0n) is 14.4. The summed E-state index contributed by atoms with van der Waals surface area (Å²) in [6.45, 7) is -0.869. The van der Waals surface area contributed by atoms with Crippen LogP contribution in [0.4, 0.5) is 8.78 Å². The number of alkyl halides is 2. The quantitative estimate of drug-likeness (QED) is 0.885. The Hall–Kier alpha value is -1.67. The molecule has 5 aliphatic rings. The van der Waals surface area contributed by atoms with Crippen LogP contribution in [0.2, 0.25) is 0 Å². The van der Waals surface area contributed by atoms with Gasteiger partial charge in [0.05, 0.1) is 30.3 Å². The van der Waals surface area contributed by atoms with Gasteiger partial charge in [0.2, 0.25) is 0 Å². The van der Waals surface area contributed by atoms with E-state index in [1.807, 2.05) is 0 Å². The normalized spacial score (nSPS) is 40.3. The number of amides is 1. The molecule has 5 fully saturated rings. The van der Waals surface area contributed by atoms with E-state index in [9.17, 15) is 18.7 Å². The van der Waals surface area contributed by atoms with Crippen LogP contribution in [0.1, 0.15) is 42.5 Å². The van der Waals surface area contributed by atoms with E-state index in [0.717, 1.165) is 19.3 Å². The molecule has 1 saturated heterocycles. The minimum Gasteiger partial charge on any atom is -0.390 e. The van der Waals surface area contributed by atoms with Crippen LogP contribution in [-0.2, 0) is 0 Å². The molecule has 2 heterocycles. The third-order valence-electron chi connectivity index (χ3n) is 6.62. The third-order valence-corrected chi connectivity index (χ3v) is 6.62. The lowest BCUT2D eigenvalue weighted by Gasteiger charge is -2.62. The highest BCUT2D eigenvalue weighted by molar-refractivity contribution is 5.93. The number of carbonyl (C=O) groups is 1. The van der Waals surface area contributed by atoms with Gasteiger partial charge in [-0.15, -0.1) is 0 Å². The molecule has 1 amide bonds. The first-order valence-corrected chi connectivity index (χ1v) is 9.27. The molecule has 1 aromatic heterocycles. The van der Waals surface area contributed by atoms with E-state index in [4.69, 9.17) is 0 Å². The van der Waals surface area contributed by atoms with Gasteiger partial charge in [-0.3, -0.25) is 9.80 Å². The van der Waals surface area contributed by atoms with E-state index in [2.05, 4.69) is 9.97 Å². The second-order valence-corrected chi connectivity index (χ2v) is 8.64. The molecule has 140 valence electrons. The van der Waals surface area contributed by atoms with Crippen molar-refractivity contribution in [3.05, 3.63) is 24.3 Å². The third kappa shape index (κ3) is 2.53. The number of halogens is 2. The van der Waals surface area contributed by atoms with Crippen molar-refractivity contribution in [1.29, 1.82) is 0 Å². The van der Waals surface area contributed by atoms with Crippen LogP contribution in [0.5, 0.6) is 0 Å². The summed E-state index contributed by atoms with van der Waals surface area (Å²) in [5.74, 6) is -2.26. The Morgan fingerprint density at radius 3 is 2.31 bits per heavy atom. The highest BCUT2D eigenvalue weighted by Crippen LogP contribution is 2.57. The number of rotatable bonds is 3. The van der Waals surface area contributed by atoms with Crippen molar-refractivity contribution in [3.63, 3.8) is 0 Å². The van der Waals surface area contributed by atoms with Gasteiger partial charge in [-0.2, -0.15) is 0 Å². The molecular formula is C18H22F2N4O2. The predicted octanol–water partition coefficient (Wildman–Crippen LogP) is 1.72. The van der Waals surface area contributed by atoms with Gasteiger partial charge in [0.1, 0.15) is 6.33 Å². The topological polar surface area (TPSA) is 69.6 Å². The molecule has 6 rings (SSSR count). The molecule has 4 saturated carbocycles. The lowest BCUT2D eigenvalue weighted by molar-refractivity contribution is -0.243. The lowest BCUT2D eigenvalue weighted by Crippen LogP contribution is -2.71. The van der Waals surface area contributed by atoms with Gasteiger partial charge in [0.15, 0.2) is 0 Å². The molecule has 4 bridgehead atoms. The molecule has 0 aromatic carbocycles. The Kier molecular flexibility index (Phi) is 3.44. The summed E-state index contributed by atoms with van der Waals surface area (Å²) in [5.41, 5.74) is -0.313. The maximum absolute atomic E-state index is 13.6. The van der Waals surface area contributed by atoms with Crippen molar-refractivity contribution in [2.75, 3.05) is 13.1 Å². The molecule has 2 unspecified atom stereocenters. The second kappa shape index (κ2) is 5.42. The standard InChI is InChI=1S/C18H22F2N4O2/c19-18(20)8-23(9-18)24(16(25)14-6-21-10-22-7-14)15-12-1-11-2-13(15)5-17(26,3-11)4-12/h6-7,10-13,15,26H,1-5,8-9H2. The van der Waals surface area contributed by atoms with Crippen molar-refractivity contribution >= 4 is 5.91 Å². The number of hydrazine groups is 1. The highest BCUT2D eigenvalue weighted by atomic mass is 19.3. The molecule has 26 heavy (non-hydrogen) atoms. The van der Waals surface area contributed by atoms with E-state index < -0.39 is 24.6 Å². The summed E-state index contributed by atoms with van der Waals surface area (Å²) >= 11 is 0. The average molecular weight is 364 g/mol. The summed E-state index contributed by atoms with van der Waals surface area (Å²) < 4.78 is 27.1. The molecule has 1 aliphatic heterocycles. The fourth-order valence-electron chi connectivity index (χ4n) is 5.99. The van der Waals surface area contributed by atoms with E-state index in [1.54, 1.807) is 5.01 Å². The van der Waals surface area contributed by atoms with E-state index in [1.165, 1.54) is 23.7 Å². The summed E-state index contributed by atoms with van der Waals surface area (Å²) in [7, 11) is 0. The van der Waals surface area contributed by atoms with Gasteiger partial charge in [-0.1, -0.05) is 0 Å². The van der Waals surface area contributed by atoms with Crippen LogP contribution >= 0.6 is 0 Å². The Morgan fingerprint density at radius 1 is 1.15 bits per heavy atom. The van der Waals surface area contributed by atoms with Crippen LogP contribution in [0.15, 0.2) is 18.7 Å². The molecule has 4 aliphatic carbocycles.